The number of ether oxygens (including phenoxy) is 2. The lowest BCUT2D eigenvalue weighted by Crippen LogP contribution is -2.44. The zero-order valence-electron chi connectivity index (χ0n) is 19.1. The minimum Gasteiger partial charge on any atom is -0.507 e. The normalized spacial score (nSPS) is 17.0. The summed E-state index contributed by atoms with van der Waals surface area (Å²) in [7, 11) is 2.19. The molecule has 0 saturated carbocycles. The lowest BCUT2D eigenvalue weighted by molar-refractivity contribution is 0.120. The van der Waals surface area contributed by atoms with Gasteiger partial charge in [0.1, 0.15) is 19.0 Å². The molecule has 1 saturated heterocycles. The Morgan fingerprint density at radius 1 is 1.00 bits per heavy atom. The van der Waals surface area contributed by atoms with E-state index in [0.717, 1.165) is 61.4 Å². The molecule has 2 aliphatic heterocycles. The lowest BCUT2D eigenvalue weighted by Gasteiger charge is -2.37. The van der Waals surface area contributed by atoms with Crippen LogP contribution in [0.2, 0.25) is 0 Å². The van der Waals surface area contributed by atoms with Gasteiger partial charge in [0, 0.05) is 37.1 Å². The molecule has 3 heterocycles. The molecule has 0 atom stereocenters. The van der Waals surface area contributed by atoms with Crippen molar-refractivity contribution in [2.45, 2.75) is 32.0 Å². The molecule has 1 N–H and O–H groups in total. The van der Waals surface area contributed by atoms with Crippen LogP contribution < -0.4 is 15.0 Å². The van der Waals surface area contributed by atoms with Crippen LogP contribution in [0.4, 0.5) is 0 Å². The highest BCUT2D eigenvalue weighted by atomic mass is 16.6. The zero-order chi connectivity index (χ0) is 22.8. The fraction of sp³-hybridized carbons (Fsp3) is 0.423. The van der Waals surface area contributed by atoms with E-state index in [0.29, 0.717) is 25.8 Å². The van der Waals surface area contributed by atoms with Crippen molar-refractivity contribution in [3.63, 3.8) is 0 Å². The van der Waals surface area contributed by atoms with Crippen molar-refractivity contribution in [1.82, 2.24) is 14.4 Å². The average Bonchev–Trinajstić information content (AvgIpc) is 2.84. The number of piperidine rings is 1. The number of fused-ring (bicyclic) bond motifs is 2. The zero-order valence-corrected chi connectivity index (χ0v) is 19.1. The van der Waals surface area contributed by atoms with Gasteiger partial charge in [-0.1, -0.05) is 18.2 Å². The first kappa shape index (κ1) is 21.8. The number of pyridine rings is 1. The highest BCUT2D eigenvalue weighted by Gasteiger charge is 2.23. The van der Waals surface area contributed by atoms with Gasteiger partial charge in [-0.05, 0) is 62.8 Å². The third-order valence-corrected chi connectivity index (χ3v) is 6.86. The molecule has 174 valence electrons. The van der Waals surface area contributed by atoms with Crippen LogP contribution in [0.25, 0.3) is 10.9 Å². The summed E-state index contributed by atoms with van der Waals surface area (Å²) in [4.78, 5) is 17.4. The molecule has 33 heavy (non-hydrogen) atoms. The molecule has 0 spiro atoms. The third-order valence-electron chi connectivity index (χ3n) is 6.86. The Kier molecular flexibility index (Phi) is 6.24. The second-order valence-electron chi connectivity index (χ2n) is 9.00. The summed E-state index contributed by atoms with van der Waals surface area (Å²) in [5.41, 5.74) is 1.87. The van der Waals surface area contributed by atoms with E-state index in [1.807, 2.05) is 30.3 Å². The first-order chi connectivity index (χ1) is 16.1. The summed E-state index contributed by atoms with van der Waals surface area (Å²) >= 11 is 0. The summed E-state index contributed by atoms with van der Waals surface area (Å²) in [6.07, 6.45) is 2.21. The molecule has 5 rings (SSSR count). The predicted octanol–water partition coefficient (Wildman–Crippen LogP) is 3.07. The van der Waals surface area contributed by atoms with Crippen molar-refractivity contribution >= 4 is 10.9 Å². The predicted molar refractivity (Wildman–Crippen MR) is 128 cm³/mol. The Hall–Kier alpha value is -3.03. The number of likely N-dealkylation sites (tertiary alicyclic amines) is 1. The fourth-order valence-electron chi connectivity index (χ4n) is 4.98. The molecule has 7 nitrogen and oxygen atoms in total. The molecular formula is C26H31N3O4. The van der Waals surface area contributed by atoms with Crippen LogP contribution in [-0.4, -0.2) is 65.4 Å². The Morgan fingerprint density at radius 3 is 2.58 bits per heavy atom. The van der Waals surface area contributed by atoms with E-state index in [1.165, 1.54) is 11.6 Å². The summed E-state index contributed by atoms with van der Waals surface area (Å²) in [5.74, 6) is 1.73. The number of para-hydroxylation sites is 1. The number of rotatable bonds is 6. The van der Waals surface area contributed by atoms with E-state index in [2.05, 4.69) is 29.0 Å². The van der Waals surface area contributed by atoms with Crippen LogP contribution in [0.3, 0.4) is 0 Å². The highest BCUT2D eigenvalue weighted by Crippen LogP contribution is 2.31. The smallest absolute Gasteiger partial charge is 0.254 e. The second kappa shape index (κ2) is 9.45. The second-order valence-corrected chi connectivity index (χ2v) is 9.00. The van der Waals surface area contributed by atoms with Crippen molar-refractivity contribution in [3.05, 3.63) is 64.4 Å². The maximum Gasteiger partial charge on any atom is 0.254 e. The monoisotopic (exact) mass is 449 g/mol. The van der Waals surface area contributed by atoms with Gasteiger partial charge in [-0.15, -0.1) is 0 Å². The summed E-state index contributed by atoms with van der Waals surface area (Å²) in [5, 5.41) is 10.8. The maximum absolute atomic E-state index is 12.5. The molecule has 7 heteroatoms. The molecule has 0 bridgehead atoms. The van der Waals surface area contributed by atoms with Crippen molar-refractivity contribution in [2.24, 2.45) is 0 Å². The van der Waals surface area contributed by atoms with Crippen LogP contribution in [0.5, 0.6) is 17.2 Å². The van der Waals surface area contributed by atoms with Crippen molar-refractivity contribution in [1.29, 1.82) is 0 Å². The molecule has 0 radical (unpaired) electrons. The van der Waals surface area contributed by atoms with Gasteiger partial charge in [-0.2, -0.15) is 0 Å². The molecule has 3 aromatic rings. The van der Waals surface area contributed by atoms with E-state index < -0.39 is 0 Å². The van der Waals surface area contributed by atoms with Crippen LogP contribution in [-0.2, 0) is 13.1 Å². The number of aromatic hydroxyl groups is 1. The first-order valence-corrected chi connectivity index (χ1v) is 11.7. The Morgan fingerprint density at radius 2 is 1.76 bits per heavy atom. The van der Waals surface area contributed by atoms with Crippen molar-refractivity contribution in [2.75, 3.05) is 39.9 Å². The maximum atomic E-state index is 12.5. The molecular weight excluding hydrogens is 418 g/mol. The van der Waals surface area contributed by atoms with Gasteiger partial charge in [-0.25, -0.2) is 0 Å². The van der Waals surface area contributed by atoms with Crippen molar-refractivity contribution in [3.8, 4) is 17.2 Å². The van der Waals surface area contributed by atoms with Crippen molar-refractivity contribution < 1.29 is 14.6 Å². The first-order valence-electron chi connectivity index (χ1n) is 11.7. The van der Waals surface area contributed by atoms with Gasteiger partial charge in [0.05, 0.1) is 5.52 Å². The van der Waals surface area contributed by atoms with E-state index in [9.17, 15) is 9.90 Å². The Balaban J connectivity index is 1.16. The largest absolute Gasteiger partial charge is 0.507 e. The van der Waals surface area contributed by atoms with Gasteiger partial charge in [0.2, 0.25) is 0 Å². The number of hydrogen-bond acceptors (Lipinski definition) is 6. The van der Waals surface area contributed by atoms with E-state index in [-0.39, 0.29) is 11.3 Å². The summed E-state index contributed by atoms with van der Waals surface area (Å²) in [6, 6.07) is 15.6. The van der Waals surface area contributed by atoms with Crippen LogP contribution >= 0.6 is 0 Å². The molecule has 0 amide bonds. The van der Waals surface area contributed by atoms with Crippen LogP contribution in [0.1, 0.15) is 18.4 Å². The minimum absolute atomic E-state index is 0.0497. The fourth-order valence-corrected chi connectivity index (χ4v) is 4.98. The standard InChI is InChI=1S/C26H31N3O4/c1-27(18-19-6-7-24-25(16-19)33-15-14-32-24)20-8-10-28(11-9-20)12-13-29-22-5-3-2-4-21(22)23(30)17-26(29)31/h2-7,16-17,20,30H,8-15,18H2,1H3. The van der Waals surface area contributed by atoms with E-state index >= 15 is 0 Å². The van der Waals surface area contributed by atoms with Gasteiger partial charge in [0.25, 0.3) is 5.56 Å². The summed E-state index contributed by atoms with van der Waals surface area (Å²) in [6.45, 7) is 5.59. The number of hydrogen-bond donors (Lipinski definition) is 1. The number of aromatic nitrogens is 1. The Labute approximate surface area is 193 Å². The van der Waals surface area contributed by atoms with Crippen LogP contribution in [0, 0.1) is 0 Å². The SMILES string of the molecule is CN(Cc1ccc2c(c1)OCCO2)C1CCN(CCn2c(=O)cc(O)c3ccccc32)CC1. The number of benzene rings is 2. The third kappa shape index (κ3) is 4.70. The lowest BCUT2D eigenvalue weighted by atomic mass is 10.0. The van der Waals surface area contributed by atoms with Gasteiger partial charge in [-0.3, -0.25) is 9.69 Å². The molecule has 0 unspecified atom stereocenters. The molecule has 2 aromatic carbocycles. The quantitative estimate of drug-likeness (QED) is 0.624. The van der Waals surface area contributed by atoms with Gasteiger partial charge >= 0.3 is 0 Å². The molecule has 2 aliphatic rings. The molecule has 1 fully saturated rings. The van der Waals surface area contributed by atoms with Crippen LogP contribution in [0.15, 0.2) is 53.3 Å². The van der Waals surface area contributed by atoms with E-state index in [1.54, 1.807) is 4.57 Å². The highest BCUT2D eigenvalue weighted by molar-refractivity contribution is 5.84. The summed E-state index contributed by atoms with van der Waals surface area (Å²) < 4.78 is 13.1. The average molecular weight is 450 g/mol. The topological polar surface area (TPSA) is 67.2 Å². The number of nitrogens with zero attached hydrogens (tertiary/aromatic N) is 3. The van der Waals surface area contributed by atoms with Gasteiger partial charge < -0.3 is 24.0 Å². The molecule has 0 aliphatic carbocycles. The molecule has 1 aromatic heterocycles. The Bertz CT molecular complexity index is 1180. The van der Waals surface area contributed by atoms with Gasteiger partial charge in [0.15, 0.2) is 11.5 Å². The minimum atomic E-state index is -0.153. The van der Waals surface area contributed by atoms with E-state index in [4.69, 9.17) is 9.47 Å².